The lowest BCUT2D eigenvalue weighted by Crippen LogP contribution is -2.19. The molecule has 132 valence electrons. The zero-order valence-corrected chi connectivity index (χ0v) is 14.4. The molecule has 0 aliphatic rings. The van der Waals surface area contributed by atoms with Crippen LogP contribution in [0.25, 0.3) is 11.3 Å². The first kappa shape index (κ1) is 17.2. The third kappa shape index (κ3) is 3.72. The first-order valence-corrected chi connectivity index (χ1v) is 7.91. The van der Waals surface area contributed by atoms with Gasteiger partial charge in [0, 0.05) is 5.56 Å². The summed E-state index contributed by atoms with van der Waals surface area (Å²) in [5, 5.41) is 20.3. The number of H-pyrrole nitrogens is 1. The number of phenolic OH excluding ortho intramolecular Hbond substituents is 1. The van der Waals surface area contributed by atoms with Crippen molar-refractivity contribution in [1.29, 1.82) is 0 Å². The number of benzene rings is 2. The van der Waals surface area contributed by atoms with Crippen LogP contribution in [-0.4, -0.2) is 34.0 Å². The minimum atomic E-state index is -0.406. The predicted octanol–water partition coefficient (Wildman–Crippen LogP) is 2.94. The molecule has 1 amide bonds. The summed E-state index contributed by atoms with van der Waals surface area (Å²) in [6.45, 7) is 1.76. The molecule has 0 aliphatic heterocycles. The number of aromatic amines is 1. The van der Waals surface area contributed by atoms with E-state index in [0.717, 1.165) is 11.1 Å². The topological polar surface area (TPSA) is 99.6 Å². The van der Waals surface area contributed by atoms with E-state index < -0.39 is 5.91 Å². The third-order valence-electron chi connectivity index (χ3n) is 3.82. The van der Waals surface area contributed by atoms with Gasteiger partial charge < -0.3 is 9.84 Å². The van der Waals surface area contributed by atoms with Gasteiger partial charge in [0.2, 0.25) is 0 Å². The highest BCUT2D eigenvalue weighted by Crippen LogP contribution is 2.28. The van der Waals surface area contributed by atoms with Crippen molar-refractivity contribution in [1.82, 2.24) is 15.6 Å². The van der Waals surface area contributed by atoms with E-state index in [9.17, 15) is 9.90 Å². The minimum absolute atomic E-state index is 0.173. The van der Waals surface area contributed by atoms with Crippen molar-refractivity contribution in [2.24, 2.45) is 5.10 Å². The molecule has 0 spiro atoms. The van der Waals surface area contributed by atoms with Crippen LogP contribution in [0.15, 0.2) is 59.7 Å². The van der Waals surface area contributed by atoms with E-state index >= 15 is 0 Å². The van der Waals surface area contributed by atoms with E-state index in [1.54, 1.807) is 44.4 Å². The number of carbonyl (C=O) groups is 1. The fraction of sp³-hybridized carbons (Fsp3) is 0.105. The van der Waals surface area contributed by atoms with E-state index in [1.165, 1.54) is 0 Å². The molecule has 1 heterocycles. The van der Waals surface area contributed by atoms with Gasteiger partial charge in [-0.05, 0) is 55.0 Å². The molecular weight excluding hydrogens is 332 g/mol. The van der Waals surface area contributed by atoms with Crippen molar-refractivity contribution >= 4 is 11.6 Å². The van der Waals surface area contributed by atoms with Crippen molar-refractivity contribution in [3.8, 4) is 22.8 Å². The van der Waals surface area contributed by atoms with Gasteiger partial charge in [0.25, 0.3) is 5.91 Å². The predicted molar refractivity (Wildman–Crippen MR) is 98.4 cm³/mol. The number of nitrogens with one attached hydrogen (secondary N) is 2. The normalized spacial score (nSPS) is 11.2. The Balaban J connectivity index is 1.74. The first-order valence-electron chi connectivity index (χ1n) is 7.91. The molecule has 26 heavy (non-hydrogen) atoms. The molecule has 7 heteroatoms. The highest BCUT2D eigenvalue weighted by atomic mass is 16.5. The van der Waals surface area contributed by atoms with Crippen molar-refractivity contribution in [3.63, 3.8) is 0 Å². The number of hydrazone groups is 1. The van der Waals surface area contributed by atoms with Crippen LogP contribution in [0.3, 0.4) is 0 Å². The SMILES string of the molecule is COc1ccccc1-c1cc(C(=O)N/N=C(\C)c2ccc(O)cc2)[nH]n1. The van der Waals surface area contributed by atoms with Gasteiger partial charge in [-0.3, -0.25) is 9.89 Å². The zero-order chi connectivity index (χ0) is 18.5. The fourth-order valence-electron chi connectivity index (χ4n) is 2.39. The number of aromatic nitrogens is 2. The van der Waals surface area contributed by atoms with E-state index in [4.69, 9.17) is 4.74 Å². The maximum atomic E-state index is 12.3. The van der Waals surface area contributed by atoms with E-state index in [1.807, 2.05) is 24.3 Å². The lowest BCUT2D eigenvalue weighted by atomic mass is 10.1. The molecule has 3 N–H and O–H groups in total. The second-order valence-corrected chi connectivity index (χ2v) is 5.55. The van der Waals surface area contributed by atoms with Crippen LogP contribution in [-0.2, 0) is 0 Å². The number of methoxy groups -OCH3 is 1. The smallest absolute Gasteiger partial charge is 0.289 e. The Hall–Kier alpha value is -3.61. The Morgan fingerprint density at radius 3 is 2.65 bits per heavy atom. The number of hydrogen-bond acceptors (Lipinski definition) is 5. The highest BCUT2D eigenvalue weighted by Gasteiger charge is 2.13. The van der Waals surface area contributed by atoms with E-state index in [0.29, 0.717) is 17.2 Å². The Labute approximate surface area is 150 Å². The Kier molecular flexibility index (Phi) is 4.98. The summed E-state index contributed by atoms with van der Waals surface area (Å²) >= 11 is 0. The number of phenols is 1. The average Bonchev–Trinajstić information content (AvgIpc) is 3.16. The summed E-state index contributed by atoms with van der Waals surface area (Å²) in [4.78, 5) is 12.3. The van der Waals surface area contributed by atoms with Crippen LogP contribution in [0.5, 0.6) is 11.5 Å². The first-order chi connectivity index (χ1) is 12.6. The molecule has 0 aliphatic carbocycles. The van der Waals surface area contributed by atoms with Crippen LogP contribution in [0.2, 0.25) is 0 Å². The number of amides is 1. The highest BCUT2D eigenvalue weighted by molar-refractivity contribution is 6.00. The van der Waals surface area contributed by atoms with Crippen LogP contribution < -0.4 is 10.2 Å². The number of nitrogens with zero attached hydrogens (tertiary/aromatic N) is 2. The molecule has 3 rings (SSSR count). The summed E-state index contributed by atoms with van der Waals surface area (Å²) in [5.41, 5.74) is 5.57. The van der Waals surface area contributed by atoms with Crippen molar-refractivity contribution in [3.05, 3.63) is 65.9 Å². The Bertz CT molecular complexity index is 945. The Morgan fingerprint density at radius 2 is 1.92 bits per heavy atom. The molecular formula is C19H18N4O3. The maximum absolute atomic E-state index is 12.3. The number of hydrogen-bond donors (Lipinski definition) is 3. The molecule has 0 saturated heterocycles. The van der Waals surface area contributed by atoms with Gasteiger partial charge in [-0.2, -0.15) is 10.2 Å². The van der Waals surface area contributed by atoms with Gasteiger partial charge in [-0.25, -0.2) is 5.43 Å². The number of ether oxygens (including phenoxy) is 1. The summed E-state index contributed by atoms with van der Waals surface area (Å²) in [5.74, 6) is 0.441. The second kappa shape index (κ2) is 7.52. The lowest BCUT2D eigenvalue weighted by molar-refractivity contribution is 0.0950. The molecule has 2 aromatic carbocycles. The van der Waals surface area contributed by atoms with Crippen LogP contribution in [0, 0.1) is 0 Å². The monoisotopic (exact) mass is 350 g/mol. The summed E-state index contributed by atoms with van der Waals surface area (Å²) in [6.07, 6.45) is 0. The van der Waals surface area contributed by atoms with Gasteiger partial charge in [-0.15, -0.1) is 0 Å². The molecule has 1 aromatic heterocycles. The van der Waals surface area contributed by atoms with Crippen LogP contribution in [0.4, 0.5) is 0 Å². The standard InChI is InChI=1S/C19H18N4O3/c1-12(13-7-9-14(24)10-8-13)20-23-19(25)17-11-16(21-22-17)15-5-3-4-6-18(15)26-2/h3-11,24H,1-2H3,(H,21,22)(H,23,25)/b20-12+. The van der Waals surface area contributed by atoms with E-state index in [2.05, 4.69) is 20.7 Å². The summed E-state index contributed by atoms with van der Waals surface area (Å²) in [6, 6.07) is 15.6. The molecule has 0 bridgehead atoms. The molecule has 0 unspecified atom stereocenters. The van der Waals surface area contributed by atoms with Gasteiger partial charge in [-0.1, -0.05) is 12.1 Å². The van der Waals surface area contributed by atoms with Crippen molar-refractivity contribution in [2.45, 2.75) is 6.92 Å². The van der Waals surface area contributed by atoms with Gasteiger partial charge in [0.05, 0.1) is 18.5 Å². The van der Waals surface area contributed by atoms with Gasteiger partial charge in [0.15, 0.2) is 0 Å². The quantitative estimate of drug-likeness (QED) is 0.486. The average molecular weight is 350 g/mol. The second-order valence-electron chi connectivity index (χ2n) is 5.55. The largest absolute Gasteiger partial charge is 0.508 e. The molecule has 0 radical (unpaired) electrons. The fourth-order valence-corrected chi connectivity index (χ4v) is 2.39. The van der Waals surface area contributed by atoms with Crippen LogP contribution >= 0.6 is 0 Å². The molecule has 0 fully saturated rings. The summed E-state index contributed by atoms with van der Waals surface area (Å²) < 4.78 is 5.31. The third-order valence-corrected chi connectivity index (χ3v) is 3.82. The Morgan fingerprint density at radius 1 is 1.19 bits per heavy atom. The number of carbonyl (C=O) groups excluding carboxylic acids is 1. The number of rotatable bonds is 5. The number of para-hydroxylation sites is 1. The van der Waals surface area contributed by atoms with Crippen molar-refractivity contribution < 1.29 is 14.6 Å². The van der Waals surface area contributed by atoms with Gasteiger partial charge >= 0.3 is 0 Å². The van der Waals surface area contributed by atoms with E-state index in [-0.39, 0.29) is 11.4 Å². The molecule has 7 nitrogen and oxygen atoms in total. The lowest BCUT2D eigenvalue weighted by Gasteiger charge is -2.04. The van der Waals surface area contributed by atoms with Crippen LogP contribution in [0.1, 0.15) is 23.0 Å². The zero-order valence-electron chi connectivity index (χ0n) is 14.4. The van der Waals surface area contributed by atoms with Gasteiger partial charge in [0.1, 0.15) is 17.2 Å². The minimum Gasteiger partial charge on any atom is -0.508 e. The molecule has 0 atom stereocenters. The maximum Gasteiger partial charge on any atom is 0.289 e. The number of aromatic hydroxyl groups is 1. The molecule has 0 saturated carbocycles. The molecule has 3 aromatic rings. The summed E-state index contributed by atoms with van der Waals surface area (Å²) in [7, 11) is 1.58. The van der Waals surface area contributed by atoms with Crippen molar-refractivity contribution in [2.75, 3.05) is 7.11 Å².